The number of amides is 1. The minimum absolute atomic E-state index is 0.0767. The smallest absolute Gasteiger partial charge is 0.262 e. The highest BCUT2D eigenvalue weighted by atomic mass is 79.9. The summed E-state index contributed by atoms with van der Waals surface area (Å²) < 4.78 is 8.44. The zero-order chi connectivity index (χ0) is 20.4. The molecule has 7 heteroatoms. The van der Waals surface area contributed by atoms with Crippen molar-refractivity contribution >= 4 is 65.0 Å². The number of carbonyl (C=O) groups excluding carboxylic acids is 1. The lowest BCUT2D eigenvalue weighted by Gasteiger charge is -2.14. The average molecular weight is 532 g/mol. The minimum Gasteiger partial charge on any atom is -0.483 e. The first kappa shape index (κ1) is 20.1. The van der Waals surface area contributed by atoms with Crippen LogP contribution in [-0.2, 0) is 4.79 Å². The molecule has 0 atom stereocenters. The van der Waals surface area contributed by atoms with Crippen molar-refractivity contribution in [1.29, 1.82) is 0 Å². The minimum atomic E-state index is -0.237. The average Bonchev–Trinajstić information content (AvgIpc) is 3.13. The van der Waals surface area contributed by atoms with Crippen LogP contribution in [0.2, 0.25) is 0 Å². The van der Waals surface area contributed by atoms with Gasteiger partial charge in [-0.15, -0.1) is 11.3 Å². The molecule has 0 saturated carbocycles. The molecule has 1 N–H and O–H groups in total. The molecule has 0 spiro atoms. The van der Waals surface area contributed by atoms with Crippen LogP contribution in [0.15, 0.2) is 69.6 Å². The van der Waals surface area contributed by atoms with Gasteiger partial charge in [0.25, 0.3) is 5.91 Å². The maximum atomic E-state index is 12.6. The van der Waals surface area contributed by atoms with Crippen LogP contribution in [-0.4, -0.2) is 17.5 Å². The first-order chi connectivity index (χ1) is 14.0. The second-order valence-corrected chi connectivity index (χ2v) is 9.20. The van der Waals surface area contributed by atoms with Gasteiger partial charge in [0.1, 0.15) is 10.8 Å². The predicted octanol–water partition coefficient (Wildman–Crippen LogP) is 6.81. The van der Waals surface area contributed by atoms with Crippen LogP contribution < -0.4 is 10.1 Å². The van der Waals surface area contributed by atoms with Crippen molar-refractivity contribution in [3.8, 4) is 16.3 Å². The van der Waals surface area contributed by atoms with Gasteiger partial charge in [0.15, 0.2) is 6.61 Å². The van der Waals surface area contributed by atoms with Gasteiger partial charge < -0.3 is 10.1 Å². The number of carbonyl (C=O) groups is 1. The summed E-state index contributed by atoms with van der Waals surface area (Å²) in [5.74, 6) is 0.461. The van der Waals surface area contributed by atoms with Crippen LogP contribution in [0.25, 0.3) is 20.8 Å². The quantitative estimate of drug-likeness (QED) is 0.307. The Balaban J connectivity index is 1.61. The van der Waals surface area contributed by atoms with E-state index < -0.39 is 0 Å². The van der Waals surface area contributed by atoms with Gasteiger partial charge in [-0.25, -0.2) is 4.98 Å². The van der Waals surface area contributed by atoms with E-state index in [0.29, 0.717) is 11.4 Å². The first-order valence-electron chi connectivity index (χ1n) is 8.84. The monoisotopic (exact) mass is 530 g/mol. The third-order valence-electron chi connectivity index (χ3n) is 4.30. The second kappa shape index (κ2) is 8.65. The summed E-state index contributed by atoms with van der Waals surface area (Å²) in [6.07, 6.45) is 0. The van der Waals surface area contributed by atoms with Gasteiger partial charge in [-0.1, -0.05) is 46.3 Å². The highest BCUT2D eigenvalue weighted by Crippen LogP contribution is 2.40. The number of anilines is 1. The molecule has 0 bridgehead atoms. The third kappa shape index (κ3) is 4.52. The van der Waals surface area contributed by atoms with E-state index in [2.05, 4.69) is 37.2 Å². The van der Waals surface area contributed by atoms with Crippen LogP contribution in [0.4, 0.5) is 5.69 Å². The Kier molecular flexibility index (Phi) is 5.99. The maximum Gasteiger partial charge on any atom is 0.262 e. The number of halogens is 2. The number of aromatic nitrogens is 1. The zero-order valence-electron chi connectivity index (χ0n) is 15.4. The number of hydrogen-bond acceptors (Lipinski definition) is 4. The Morgan fingerprint density at radius 2 is 1.86 bits per heavy atom. The molecule has 4 nitrogen and oxygen atoms in total. The summed E-state index contributed by atoms with van der Waals surface area (Å²) >= 11 is 8.69. The molecule has 4 rings (SSSR count). The lowest BCUT2D eigenvalue weighted by molar-refractivity contribution is -0.118. The topological polar surface area (TPSA) is 51.2 Å². The van der Waals surface area contributed by atoms with Crippen LogP contribution in [0.5, 0.6) is 5.75 Å². The van der Waals surface area contributed by atoms with Gasteiger partial charge in [0, 0.05) is 14.5 Å². The summed E-state index contributed by atoms with van der Waals surface area (Å²) in [6, 6.07) is 19.5. The van der Waals surface area contributed by atoms with Crippen molar-refractivity contribution in [3.63, 3.8) is 0 Å². The van der Waals surface area contributed by atoms with E-state index in [0.717, 1.165) is 35.3 Å². The number of nitrogens with zero attached hydrogens (tertiary/aromatic N) is 1. The number of nitrogens with one attached hydrogen (secondary N) is 1. The lowest BCUT2D eigenvalue weighted by Crippen LogP contribution is -2.21. The fourth-order valence-electron chi connectivity index (χ4n) is 2.89. The summed E-state index contributed by atoms with van der Waals surface area (Å²) in [5.41, 5.74) is 3.44. The van der Waals surface area contributed by atoms with Crippen molar-refractivity contribution in [3.05, 3.63) is 75.2 Å². The fraction of sp³-hybridized carbons (Fsp3) is 0.0909. The molecule has 3 aromatic carbocycles. The Bertz CT molecular complexity index is 1170. The molecule has 0 aliphatic rings. The SMILES string of the molecule is Cc1ccccc1OCC(=O)Nc1c(Br)cc(Br)cc1-c1nc2ccccc2s1. The molecule has 1 amide bonds. The standard InChI is InChI=1S/C22H16Br2N2O2S/c1-13-6-2-4-8-18(13)28-12-20(27)26-21-15(10-14(23)11-16(21)24)22-25-17-7-3-5-9-19(17)29-22/h2-11H,12H2,1H3,(H,26,27). The number of ether oxygens (including phenoxy) is 1. The Hall–Kier alpha value is -2.22. The molecular weight excluding hydrogens is 516 g/mol. The number of rotatable bonds is 5. The summed E-state index contributed by atoms with van der Waals surface area (Å²) in [5, 5.41) is 3.81. The molecule has 0 fully saturated rings. The van der Waals surface area contributed by atoms with Crippen molar-refractivity contribution in [2.75, 3.05) is 11.9 Å². The molecule has 4 aromatic rings. The van der Waals surface area contributed by atoms with Gasteiger partial charge in [-0.2, -0.15) is 0 Å². The Morgan fingerprint density at radius 1 is 1.10 bits per heavy atom. The third-order valence-corrected chi connectivity index (χ3v) is 6.45. The zero-order valence-corrected chi connectivity index (χ0v) is 19.4. The van der Waals surface area contributed by atoms with E-state index >= 15 is 0 Å². The van der Waals surface area contributed by atoms with Crippen LogP contribution >= 0.6 is 43.2 Å². The Labute approximate surface area is 189 Å². The van der Waals surface area contributed by atoms with Gasteiger partial charge in [-0.3, -0.25) is 4.79 Å². The molecule has 0 unspecified atom stereocenters. The van der Waals surface area contributed by atoms with E-state index in [1.165, 1.54) is 0 Å². The highest BCUT2D eigenvalue weighted by molar-refractivity contribution is 9.11. The van der Waals surface area contributed by atoms with Gasteiger partial charge in [-0.05, 0) is 58.7 Å². The van der Waals surface area contributed by atoms with Crippen molar-refractivity contribution in [2.24, 2.45) is 0 Å². The number of hydrogen-bond donors (Lipinski definition) is 1. The van der Waals surface area contributed by atoms with Gasteiger partial charge in [0.2, 0.25) is 0 Å². The van der Waals surface area contributed by atoms with E-state index in [4.69, 9.17) is 9.72 Å². The molecule has 1 aromatic heterocycles. The number of para-hydroxylation sites is 2. The van der Waals surface area contributed by atoms with Crippen LogP contribution in [0.1, 0.15) is 5.56 Å². The summed E-state index contributed by atoms with van der Waals surface area (Å²) in [6.45, 7) is 1.87. The molecule has 0 radical (unpaired) electrons. The summed E-state index contributed by atoms with van der Waals surface area (Å²) in [4.78, 5) is 17.3. The van der Waals surface area contributed by atoms with Gasteiger partial charge >= 0.3 is 0 Å². The normalized spacial score (nSPS) is 10.9. The Morgan fingerprint density at radius 3 is 2.66 bits per heavy atom. The van der Waals surface area contributed by atoms with Crippen molar-refractivity contribution in [1.82, 2.24) is 4.98 Å². The summed E-state index contributed by atoms with van der Waals surface area (Å²) in [7, 11) is 0. The molecule has 0 aliphatic heterocycles. The van der Waals surface area contributed by atoms with Crippen molar-refractivity contribution < 1.29 is 9.53 Å². The first-order valence-corrected chi connectivity index (χ1v) is 11.2. The maximum absolute atomic E-state index is 12.6. The van der Waals surface area contributed by atoms with E-state index in [1.54, 1.807) is 11.3 Å². The van der Waals surface area contributed by atoms with Crippen molar-refractivity contribution in [2.45, 2.75) is 6.92 Å². The molecule has 0 aliphatic carbocycles. The molecule has 1 heterocycles. The molecule has 29 heavy (non-hydrogen) atoms. The lowest BCUT2D eigenvalue weighted by atomic mass is 10.2. The highest BCUT2D eigenvalue weighted by Gasteiger charge is 2.17. The van der Waals surface area contributed by atoms with Crippen LogP contribution in [0, 0.1) is 6.92 Å². The number of aryl methyl sites for hydroxylation is 1. The molecule has 0 saturated heterocycles. The van der Waals surface area contributed by atoms with Crippen LogP contribution in [0.3, 0.4) is 0 Å². The fourth-order valence-corrected chi connectivity index (χ4v) is 5.21. The van der Waals surface area contributed by atoms with E-state index in [1.807, 2.05) is 67.6 Å². The number of fused-ring (bicyclic) bond motifs is 1. The second-order valence-electron chi connectivity index (χ2n) is 6.40. The van der Waals surface area contributed by atoms with E-state index in [9.17, 15) is 4.79 Å². The number of thiazole rings is 1. The molecule has 146 valence electrons. The van der Waals surface area contributed by atoms with E-state index in [-0.39, 0.29) is 12.5 Å². The number of benzene rings is 3. The van der Waals surface area contributed by atoms with Gasteiger partial charge in [0.05, 0.1) is 15.9 Å². The molecular formula is C22H16Br2N2O2S. The predicted molar refractivity (Wildman–Crippen MR) is 126 cm³/mol. The largest absolute Gasteiger partial charge is 0.483 e.